The normalized spacial score (nSPS) is 13.5. The van der Waals surface area contributed by atoms with Crippen molar-refractivity contribution < 1.29 is 28.7 Å². The molecule has 0 spiro atoms. The van der Waals surface area contributed by atoms with Gasteiger partial charge in [-0.2, -0.15) is 0 Å². The van der Waals surface area contributed by atoms with Gasteiger partial charge >= 0.3 is 12.0 Å². The maximum absolute atomic E-state index is 11.9. The number of hydrogen-bond donors (Lipinski definition) is 2. The van der Waals surface area contributed by atoms with Crippen molar-refractivity contribution >= 4 is 35.4 Å². The van der Waals surface area contributed by atoms with Crippen LogP contribution in [0.1, 0.15) is 12.5 Å². The number of nitrogens with one attached hydrogen (secondary N) is 2. The van der Waals surface area contributed by atoms with Gasteiger partial charge in [-0.05, 0) is 18.1 Å². The number of carbonyl (C=O) groups is 5. The van der Waals surface area contributed by atoms with Gasteiger partial charge in [-0.1, -0.05) is 25.1 Å². The van der Waals surface area contributed by atoms with Gasteiger partial charge in [0.2, 0.25) is 5.91 Å². The summed E-state index contributed by atoms with van der Waals surface area (Å²) >= 11 is 0. The van der Waals surface area contributed by atoms with Crippen LogP contribution in [0.5, 0.6) is 0 Å². The zero-order valence-electron chi connectivity index (χ0n) is 15.7. The smallest absolute Gasteiger partial charge is 0.327 e. The van der Waals surface area contributed by atoms with Gasteiger partial charge in [0.25, 0.3) is 11.8 Å². The quantitative estimate of drug-likeness (QED) is 0.465. The number of ether oxygens (including phenoxy) is 1. The predicted molar refractivity (Wildman–Crippen MR) is 98.2 cm³/mol. The first kappa shape index (κ1) is 20.9. The van der Waals surface area contributed by atoms with Gasteiger partial charge in [-0.15, -0.1) is 0 Å². The minimum Gasteiger partial charge on any atom is -0.454 e. The number of aryl methyl sites for hydroxylation is 1. The van der Waals surface area contributed by atoms with E-state index in [4.69, 9.17) is 4.74 Å². The first-order chi connectivity index (χ1) is 13.3. The van der Waals surface area contributed by atoms with Gasteiger partial charge in [0, 0.05) is 12.7 Å². The molecule has 10 nitrogen and oxygen atoms in total. The topological polar surface area (TPSA) is 125 Å². The Balaban J connectivity index is 1.71. The summed E-state index contributed by atoms with van der Waals surface area (Å²) < 4.78 is 4.74. The molecule has 2 N–H and O–H groups in total. The highest BCUT2D eigenvalue weighted by atomic mass is 16.5. The second-order valence-corrected chi connectivity index (χ2v) is 6.11. The lowest BCUT2D eigenvalue weighted by atomic mass is 10.1. The number of likely N-dealkylation sites (N-methyl/N-ethyl adjacent to an activating group) is 1. The van der Waals surface area contributed by atoms with E-state index in [1.807, 2.05) is 19.1 Å². The van der Waals surface area contributed by atoms with Gasteiger partial charge in [-0.25, -0.2) is 4.79 Å². The maximum atomic E-state index is 11.9. The molecule has 1 aromatic rings. The van der Waals surface area contributed by atoms with E-state index >= 15 is 0 Å². The Bertz CT molecular complexity index is 794. The Labute approximate surface area is 161 Å². The second kappa shape index (κ2) is 9.49. The summed E-state index contributed by atoms with van der Waals surface area (Å²) in [5.74, 6) is -2.51. The van der Waals surface area contributed by atoms with Crippen LogP contribution in [0, 0.1) is 0 Å². The van der Waals surface area contributed by atoms with Crippen LogP contribution in [-0.2, 0) is 30.3 Å². The van der Waals surface area contributed by atoms with Crippen LogP contribution in [0.4, 0.5) is 10.5 Å². The molecule has 28 heavy (non-hydrogen) atoms. The SMILES string of the molecule is CCc1ccccc1NC(=O)CNC(=O)COC(=O)CN1C(=O)CN(C)C1=O. The van der Waals surface area contributed by atoms with Crippen molar-refractivity contribution in [1.29, 1.82) is 0 Å². The molecular formula is C18H22N4O6. The third-order valence-electron chi connectivity index (χ3n) is 4.00. The van der Waals surface area contributed by atoms with Gasteiger partial charge in [0.05, 0.1) is 6.54 Å². The van der Waals surface area contributed by atoms with Crippen LogP contribution < -0.4 is 10.6 Å². The highest BCUT2D eigenvalue weighted by Crippen LogP contribution is 2.14. The number of anilines is 1. The lowest BCUT2D eigenvalue weighted by Gasteiger charge is -2.13. The summed E-state index contributed by atoms with van der Waals surface area (Å²) in [4.78, 5) is 60.5. The maximum Gasteiger partial charge on any atom is 0.327 e. The summed E-state index contributed by atoms with van der Waals surface area (Å²) in [6.07, 6.45) is 0.747. The zero-order chi connectivity index (χ0) is 20.7. The number of rotatable bonds is 8. The van der Waals surface area contributed by atoms with Crippen molar-refractivity contribution in [2.45, 2.75) is 13.3 Å². The van der Waals surface area contributed by atoms with E-state index in [1.165, 1.54) is 7.05 Å². The molecule has 0 bridgehead atoms. The highest BCUT2D eigenvalue weighted by molar-refractivity contribution is 6.04. The average Bonchev–Trinajstić information content (AvgIpc) is 2.91. The van der Waals surface area contributed by atoms with Crippen molar-refractivity contribution in [1.82, 2.24) is 15.1 Å². The summed E-state index contributed by atoms with van der Waals surface area (Å²) in [5, 5.41) is 5.03. The molecule has 1 fully saturated rings. The summed E-state index contributed by atoms with van der Waals surface area (Å²) in [7, 11) is 1.43. The Morgan fingerprint density at radius 2 is 1.86 bits per heavy atom. The van der Waals surface area contributed by atoms with E-state index in [0.29, 0.717) is 5.69 Å². The minimum atomic E-state index is -0.895. The van der Waals surface area contributed by atoms with Crippen LogP contribution in [0.2, 0.25) is 0 Å². The molecule has 1 aliphatic heterocycles. The number of para-hydroxylation sites is 1. The Hall–Kier alpha value is -3.43. The highest BCUT2D eigenvalue weighted by Gasteiger charge is 2.35. The number of hydrogen-bond acceptors (Lipinski definition) is 6. The molecule has 5 amide bonds. The van der Waals surface area contributed by atoms with Crippen LogP contribution in [0.3, 0.4) is 0 Å². The van der Waals surface area contributed by atoms with Crippen LogP contribution in [0.25, 0.3) is 0 Å². The standard InChI is InChI=1S/C18H22N4O6/c1-3-12-6-4-5-7-13(12)20-14(23)8-19-15(24)11-28-17(26)10-22-16(25)9-21(2)18(22)27/h4-7H,3,8-11H2,1-2H3,(H,19,24)(H,20,23). The number of imide groups is 1. The fourth-order valence-electron chi connectivity index (χ4n) is 2.52. The van der Waals surface area contributed by atoms with Crippen molar-refractivity contribution in [3.63, 3.8) is 0 Å². The van der Waals surface area contributed by atoms with Crippen LogP contribution in [0.15, 0.2) is 24.3 Å². The Morgan fingerprint density at radius 1 is 1.14 bits per heavy atom. The molecule has 0 saturated carbocycles. The molecule has 10 heteroatoms. The van der Waals surface area contributed by atoms with E-state index in [9.17, 15) is 24.0 Å². The summed E-state index contributed by atoms with van der Waals surface area (Å²) in [6, 6.07) is 6.71. The van der Waals surface area contributed by atoms with Crippen molar-refractivity contribution in [2.75, 3.05) is 38.6 Å². The fraction of sp³-hybridized carbons (Fsp3) is 0.389. The molecule has 2 rings (SSSR count). The lowest BCUT2D eigenvalue weighted by Crippen LogP contribution is -2.39. The van der Waals surface area contributed by atoms with Gasteiger partial charge < -0.3 is 20.3 Å². The van der Waals surface area contributed by atoms with E-state index in [0.717, 1.165) is 21.8 Å². The first-order valence-electron chi connectivity index (χ1n) is 8.67. The Kier molecular flexibility index (Phi) is 7.08. The number of benzene rings is 1. The summed E-state index contributed by atoms with van der Waals surface area (Å²) in [5.41, 5.74) is 1.63. The van der Waals surface area contributed by atoms with Crippen LogP contribution >= 0.6 is 0 Å². The van der Waals surface area contributed by atoms with Gasteiger partial charge in [-0.3, -0.25) is 24.1 Å². The number of amides is 5. The molecule has 1 saturated heterocycles. The predicted octanol–water partition coefficient (Wildman–Crippen LogP) is -0.259. The zero-order valence-corrected chi connectivity index (χ0v) is 15.7. The third-order valence-corrected chi connectivity index (χ3v) is 4.00. The second-order valence-electron chi connectivity index (χ2n) is 6.11. The number of esters is 1. The van der Waals surface area contributed by atoms with Gasteiger partial charge in [0.1, 0.15) is 13.1 Å². The molecule has 150 valence electrons. The largest absolute Gasteiger partial charge is 0.454 e. The molecule has 0 aromatic heterocycles. The van der Waals surface area contributed by atoms with E-state index < -0.39 is 42.9 Å². The van der Waals surface area contributed by atoms with Crippen LogP contribution in [-0.4, -0.2) is 72.8 Å². The fourth-order valence-corrected chi connectivity index (χ4v) is 2.52. The monoisotopic (exact) mass is 390 g/mol. The molecule has 0 atom stereocenters. The van der Waals surface area contributed by atoms with Crippen molar-refractivity contribution in [2.24, 2.45) is 0 Å². The van der Waals surface area contributed by atoms with Crippen molar-refractivity contribution in [3.05, 3.63) is 29.8 Å². The number of urea groups is 1. The molecular weight excluding hydrogens is 368 g/mol. The lowest BCUT2D eigenvalue weighted by molar-refractivity contribution is -0.150. The third kappa shape index (κ3) is 5.53. The first-order valence-corrected chi connectivity index (χ1v) is 8.67. The van der Waals surface area contributed by atoms with E-state index in [1.54, 1.807) is 12.1 Å². The minimum absolute atomic E-state index is 0.108. The molecule has 1 heterocycles. The molecule has 0 radical (unpaired) electrons. The van der Waals surface area contributed by atoms with E-state index in [-0.39, 0.29) is 13.1 Å². The molecule has 0 aliphatic carbocycles. The average molecular weight is 390 g/mol. The molecule has 0 unspecified atom stereocenters. The van der Waals surface area contributed by atoms with E-state index in [2.05, 4.69) is 10.6 Å². The Morgan fingerprint density at radius 3 is 2.50 bits per heavy atom. The molecule has 1 aliphatic rings. The number of nitrogens with zero attached hydrogens (tertiary/aromatic N) is 2. The van der Waals surface area contributed by atoms with Gasteiger partial charge in [0.15, 0.2) is 6.61 Å². The number of carbonyl (C=O) groups excluding carboxylic acids is 5. The molecule has 1 aromatic carbocycles. The van der Waals surface area contributed by atoms with Crippen molar-refractivity contribution in [3.8, 4) is 0 Å². The summed E-state index contributed by atoms with van der Waals surface area (Å²) in [6.45, 7) is 0.376.